The fourth-order valence-electron chi connectivity index (χ4n) is 2.25. The Morgan fingerprint density at radius 2 is 1.87 bits per heavy atom. The summed E-state index contributed by atoms with van der Waals surface area (Å²) in [6, 6.07) is 13.9. The van der Waals surface area contributed by atoms with Crippen LogP contribution in [0.15, 0.2) is 48.5 Å². The van der Waals surface area contributed by atoms with Gasteiger partial charge in [-0.05, 0) is 36.1 Å². The third kappa shape index (κ3) is 4.83. The number of aryl methyl sites for hydroxylation is 2. The van der Waals surface area contributed by atoms with Crippen molar-refractivity contribution in [3.8, 4) is 0 Å². The number of hydrogen-bond acceptors (Lipinski definition) is 2. The highest BCUT2D eigenvalue weighted by Crippen LogP contribution is 2.18. The van der Waals surface area contributed by atoms with Crippen LogP contribution in [0.3, 0.4) is 0 Å². The first-order valence-electron chi connectivity index (χ1n) is 7.36. The van der Waals surface area contributed by atoms with Gasteiger partial charge in [-0.2, -0.15) is 0 Å². The fourth-order valence-corrected chi connectivity index (χ4v) is 2.45. The summed E-state index contributed by atoms with van der Waals surface area (Å²) in [5.41, 5.74) is 8.04. The van der Waals surface area contributed by atoms with E-state index < -0.39 is 11.9 Å². The van der Waals surface area contributed by atoms with E-state index in [1.54, 1.807) is 24.3 Å². The molecule has 0 radical (unpaired) electrons. The van der Waals surface area contributed by atoms with E-state index in [1.807, 2.05) is 31.2 Å². The molecular weight excluding hydrogens is 312 g/mol. The number of carbonyl (C=O) groups is 2. The van der Waals surface area contributed by atoms with Crippen LogP contribution < -0.4 is 11.1 Å². The molecule has 1 unspecified atom stereocenters. The lowest BCUT2D eigenvalue weighted by Gasteiger charge is -2.16. The van der Waals surface area contributed by atoms with Crippen molar-refractivity contribution in [3.05, 3.63) is 70.2 Å². The van der Waals surface area contributed by atoms with Gasteiger partial charge >= 0.3 is 0 Å². The summed E-state index contributed by atoms with van der Waals surface area (Å²) in [6.45, 7) is 1.93. The Labute approximate surface area is 140 Å². The molecule has 23 heavy (non-hydrogen) atoms. The van der Waals surface area contributed by atoms with E-state index in [0.29, 0.717) is 17.0 Å². The van der Waals surface area contributed by atoms with Gasteiger partial charge in [0.05, 0.1) is 0 Å². The number of halogens is 1. The van der Waals surface area contributed by atoms with Crippen molar-refractivity contribution in [2.45, 2.75) is 25.8 Å². The minimum Gasteiger partial charge on any atom is -0.368 e. The lowest BCUT2D eigenvalue weighted by molar-refractivity contribution is -0.127. The van der Waals surface area contributed by atoms with Crippen LogP contribution in [0.2, 0.25) is 5.02 Å². The molecule has 0 aliphatic rings. The van der Waals surface area contributed by atoms with Gasteiger partial charge in [0.25, 0.3) is 0 Å². The van der Waals surface area contributed by atoms with Crippen molar-refractivity contribution in [2.75, 3.05) is 0 Å². The predicted molar refractivity (Wildman–Crippen MR) is 91.0 cm³/mol. The average Bonchev–Trinajstić information content (AvgIpc) is 2.54. The summed E-state index contributed by atoms with van der Waals surface area (Å²) in [4.78, 5) is 23.7. The highest BCUT2D eigenvalue weighted by molar-refractivity contribution is 6.31. The summed E-state index contributed by atoms with van der Waals surface area (Å²) in [5, 5.41) is 3.37. The number of nitrogens with one attached hydrogen (secondary N) is 1. The highest BCUT2D eigenvalue weighted by atomic mass is 35.5. The monoisotopic (exact) mass is 330 g/mol. The van der Waals surface area contributed by atoms with Gasteiger partial charge in [0.1, 0.15) is 6.04 Å². The molecule has 0 aromatic heterocycles. The number of benzene rings is 2. The summed E-state index contributed by atoms with van der Waals surface area (Å²) in [7, 11) is 0. The maximum absolute atomic E-state index is 12.1. The second-order valence-electron chi connectivity index (χ2n) is 5.40. The van der Waals surface area contributed by atoms with Crippen LogP contribution in [-0.4, -0.2) is 11.8 Å². The Morgan fingerprint density at radius 3 is 2.48 bits per heavy atom. The van der Waals surface area contributed by atoms with Crippen molar-refractivity contribution in [3.63, 3.8) is 0 Å². The Hall–Kier alpha value is -2.33. The Bertz CT molecular complexity index is 701. The molecule has 0 saturated heterocycles. The molecule has 1 atom stereocenters. The molecule has 120 valence electrons. The Balaban J connectivity index is 1.97. The van der Waals surface area contributed by atoms with Crippen LogP contribution in [0.5, 0.6) is 0 Å². The van der Waals surface area contributed by atoms with Crippen molar-refractivity contribution in [1.82, 2.24) is 5.32 Å². The SMILES string of the molecule is Cc1ccc(CCC(=O)NC(C(N)=O)c2ccccc2)cc1Cl. The number of carbonyl (C=O) groups excluding carboxylic acids is 2. The fraction of sp³-hybridized carbons (Fsp3) is 0.222. The van der Waals surface area contributed by atoms with E-state index in [1.165, 1.54) is 0 Å². The lowest BCUT2D eigenvalue weighted by Crippen LogP contribution is -2.37. The largest absolute Gasteiger partial charge is 0.368 e. The first-order chi connectivity index (χ1) is 11.0. The number of rotatable bonds is 6. The van der Waals surface area contributed by atoms with Gasteiger partial charge < -0.3 is 11.1 Å². The molecule has 2 rings (SSSR count). The molecule has 0 saturated carbocycles. The molecule has 0 aliphatic heterocycles. The molecule has 0 fully saturated rings. The van der Waals surface area contributed by atoms with Crippen molar-refractivity contribution < 1.29 is 9.59 Å². The quantitative estimate of drug-likeness (QED) is 0.854. The van der Waals surface area contributed by atoms with Gasteiger partial charge in [-0.25, -0.2) is 0 Å². The van der Waals surface area contributed by atoms with Gasteiger partial charge in [0.15, 0.2) is 0 Å². The zero-order valence-electron chi connectivity index (χ0n) is 12.9. The van der Waals surface area contributed by atoms with E-state index in [-0.39, 0.29) is 12.3 Å². The molecule has 0 heterocycles. The predicted octanol–water partition coefficient (Wildman–Crippen LogP) is 2.92. The van der Waals surface area contributed by atoms with Crippen LogP contribution in [0.25, 0.3) is 0 Å². The second-order valence-corrected chi connectivity index (χ2v) is 5.80. The molecule has 0 bridgehead atoms. The zero-order valence-corrected chi connectivity index (χ0v) is 13.6. The number of primary amides is 1. The van der Waals surface area contributed by atoms with Crippen LogP contribution in [0.4, 0.5) is 0 Å². The Morgan fingerprint density at radius 1 is 1.17 bits per heavy atom. The summed E-state index contributed by atoms with van der Waals surface area (Å²) in [6.07, 6.45) is 0.808. The minimum atomic E-state index is -0.815. The maximum Gasteiger partial charge on any atom is 0.244 e. The third-order valence-corrected chi connectivity index (χ3v) is 4.01. The average molecular weight is 331 g/mol. The maximum atomic E-state index is 12.1. The van der Waals surface area contributed by atoms with E-state index in [9.17, 15) is 9.59 Å². The van der Waals surface area contributed by atoms with Crippen molar-refractivity contribution in [2.24, 2.45) is 5.73 Å². The third-order valence-electron chi connectivity index (χ3n) is 3.60. The smallest absolute Gasteiger partial charge is 0.244 e. The minimum absolute atomic E-state index is 0.227. The van der Waals surface area contributed by atoms with Crippen molar-refractivity contribution in [1.29, 1.82) is 0 Å². The van der Waals surface area contributed by atoms with Crippen LogP contribution in [0.1, 0.15) is 29.2 Å². The molecule has 3 N–H and O–H groups in total. The van der Waals surface area contributed by atoms with E-state index >= 15 is 0 Å². The molecule has 5 heteroatoms. The molecule has 4 nitrogen and oxygen atoms in total. The van der Waals surface area contributed by atoms with Gasteiger partial charge in [0, 0.05) is 11.4 Å². The molecular formula is C18H19ClN2O2. The first kappa shape index (κ1) is 17.0. The van der Waals surface area contributed by atoms with Crippen LogP contribution in [0, 0.1) is 6.92 Å². The molecule has 2 aromatic carbocycles. The lowest BCUT2D eigenvalue weighted by atomic mass is 10.0. The van der Waals surface area contributed by atoms with Gasteiger partial charge in [-0.1, -0.05) is 54.1 Å². The van der Waals surface area contributed by atoms with Crippen molar-refractivity contribution >= 4 is 23.4 Å². The molecule has 0 spiro atoms. The number of amides is 2. The Kier molecular flexibility index (Phi) is 5.77. The molecule has 2 amide bonds. The molecule has 2 aromatic rings. The van der Waals surface area contributed by atoms with E-state index in [2.05, 4.69) is 5.32 Å². The van der Waals surface area contributed by atoms with Gasteiger partial charge in [-0.3, -0.25) is 9.59 Å². The van der Waals surface area contributed by atoms with Gasteiger partial charge in [-0.15, -0.1) is 0 Å². The number of hydrogen-bond donors (Lipinski definition) is 2. The van der Waals surface area contributed by atoms with Gasteiger partial charge in [0.2, 0.25) is 11.8 Å². The van der Waals surface area contributed by atoms with E-state index in [4.69, 9.17) is 17.3 Å². The highest BCUT2D eigenvalue weighted by Gasteiger charge is 2.19. The van der Waals surface area contributed by atoms with Crippen LogP contribution >= 0.6 is 11.6 Å². The first-order valence-corrected chi connectivity index (χ1v) is 7.74. The molecule has 0 aliphatic carbocycles. The zero-order chi connectivity index (χ0) is 16.8. The summed E-state index contributed by atoms with van der Waals surface area (Å²) >= 11 is 6.07. The topological polar surface area (TPSA) is 72.2 Å². The normalized spacial score (nSPS) is 11.7. The summed E-state index contributed by atoms with van der Waals surface area (Å²) < 4.78 is 0. The standard InChI is InChI=1S/C18H19ClN2O2/c1-12-7-8-13(11-15(12)19)9-10-16(22)21-17(18(20)23)14-5-3-2-4-6-14/h2-8,11,17H,9-10H2,1H3,(H2,20,23)(H,21,22). The van der Waals surface area contributed by atoms with E-state index in [0.717, 1.165) is 11.1 Å². The number of nitrogens with two attached hydrogens (primary N) is 1. The van der Waals surface area contributed by atoms with Crippen LogP contribution in [-0.2, 0) is 16.0 Å². The second kappa shape index (κ2) is 7.79. The summed E-state index contributed by atoms with van der Waals surface area (Å²) in [5.74, 6) is -0.808.